The summed E-state index contributed by atoms with van der Waals surface area (Å²) in [5.41, 5.74) is 2.10. The van der Waals surface area contributed by atoms with Crippen molar-refractivity contribution in [2.75, 3.05) is 19.6 Å². The zero-order valence-corrected chi connectivity index (χ0v) is 12.6. The zero-order valence-electron chi connectivity index (χ0n) is 11.7. The number of carbonyl (C=O) groups is 1. The first-order chi connectivity index (χ1) is 10.3. The van der Waals surface area contributed by atoms with Crippen molar-refractivity contribution >= 4 is 17.4 Å². The standard InChI is InChI=1S/C15H18N4OS/c20-15(17-14-5-11-1-3-18(7-11)9-14)19-8-13(6-16-19)12-2-4-21-10-12/h2,4,6,8,10-11,14H,1,3,5,7,9H2,(H,17,20). The molecule has 2 fully saturated rings. The summed E-state index contributed by atoms with van der Waals surface area (Å²) in [5.74, 6) is 0.753. The van der Waals surface area contributed by atoms with E-state index in [9.17, 15) is 4.79 Å². The second kappa shape index (κ2) is 5.27. The Balaban J connectivity index is 1.43. The highest BCUT2D eigenvalue weighted by Gasteiger charge is 2.33. The Morgan fingerprint density at radius 1 is 1.38 bits per heavy atom. The van der Waals surface area contributed by atoms with Crippen LogP contribution in [-0.2, 0) is 0 Å². The Bertz CT molecular complexity index is 624. The van der Waals surface area contributed by atoms with Gasteiger partial charge in [0.15, 0.2) is 0 Å². The summed E-state index contributed by atoms with van der Waals surface area (Å²) in [4.78, 5) is 14.7. The molecule has 1 N–H and O–H groups in total. The van der Waals surface area contributed by atoms with Crippen LogP contribution in [0.4, 0.5) is 4.79 Å². The molecular formula is C15H18N4OS. The summed E-state index contributed by atoms with van der Waals surface area (Å²) in [5, 5.41) is 11.4. The highest BCUT2D eigenvalue weighted by Crippen LogP contribution is 2.27. The van der Waals surface area contributed by atoms with Crippen LogP contribution in [0.25, 0.3) is 11.1 Å². The highest BCUT2D eigenvalue weighted by atomic mass is 32.1. The van der Waals surface area contributed by atoms with Crippen LogP contribution in [0.15, 0.2) is 29.2 Å². The average Bonchev–Trinajstić information content (AvgIpc) is 3.18. The molecule has 2 aromatic rings. The van der Waals surface area contributed by atoms with Crippen LogP contribution >= 0.6 is 11.3 Å². The first-order valence-electron chi connectivity index (χ1n) is 7.38. The van der Waals surface area contributed by atoms with Crippen LogP contribution in [-0.4, -0.2) is 46.4 Å². The van der Waals surface area contributed by atoms with E-state index >= 15 is 0 Å². The second-order valence-electron chi connectivity index (χ2n) is 5.98. The van der Waals surface area contributed by atoms with Crippen LogP contribution in [0.1, 0.15) is 12.8 Å². The maximum Gasteiger partial charge on any atom is 0.342 e. The number of hydrogen-bond donors (Lipinski definition) is 1. The van der Waals surface area contributed by atoms with Gasteiger partial charge in [-0.05, 0) is 47.7 Å². The van der Waals surface area contributed by atoms with Crippen molar-refractivity contribution in [1.82, 2.24) is 20.0 Å². The average molecular weight is 302 g/mol. The molecule has 0 spiro atoms. The van der Waals surface area contributed by atoms with Gasteiger partial charge in [-0.3, -0.25) is 0 Å². The molecule has 2 aliphatic rings. The molecule has 0 aromatic carbocycles. The fourth-order valence-electron chi connectivity index (χ4n) is 3.42. The highest BCUT2D eigenvalue weighted by molar-refractivity contribution is 7.08. The predicted molar refractivity (Wildman–Crippen MR) is 82.4 cm³/mol. The summed E-state index contributed by atoms with van der Waals surface area (Å²) >= 11 is 1.64. The minimum atomic E-state index is -0.121. The molecule has 0 radical (unpaired) electrons. The molecule has 0 saturated carbocycles. The third-order valence-corrected chi connectivity index (χ3v) is 5.12. The Morgan fingerprint density at radius 2 is 2.33 bits per heavy atom. The fraction of sp³-hybridized carbons (Fsp3) is 0.467. The van der Waals surface area contributed by atoms with Crippen LogP contribution in [0.2, 0.25) is 0 Å². The van der Waals surface area contributed by atoms with Crippen LogP contribution < -0.4 is 5.32 Å². The van der Waals surface area contributed by atoms with Gasteiger partial charge in [-0.25, -0.2) is 4.79 Å². The van der Waals surface area contributed by atoms with E-state index in [0.29, 0.717) is 0 Å². The lowest BCUT2D eigenvalue weighted by Crippen LogP contribution is -2.48. The minimum absolute atomic E-state index is 0.121. The van der Waals surface area contributed by atoms with Gasteiger partial charge in [0.25, 0.3) is 0 Å². The number of piperidine rings is 1. The Labute approximate surface area is 127 Å². The van der Waals surface area contributed by atoms with Gasteiger partial charge in [0.05, 0.1) is 6.20 Å². The smallest absolute Gasteiger partial charge is 0.332 e. The molecule has 4 rings (SSSR count). The first-order valence-corrected chi connectivity index (χ1v) is 8.32. The number of amides is 1. The molecule has 0 aliphatic carbocycles. The van der Waals surface area contributed by atoms with E-state index < -0.39 is 0 Å². The minimum Gasteiger partial charge on any atom is -0.332 e. The van der Waals surface area contributed by atoms with E-state index in [1.165, 1.54) is 24.2 Å². The van der Waals surface area contributed by atoms with Gasteiger partial charge in [-0.15, -0.1) is 0 Å². The monoisotopic (exact) mass is 302 g/mol. The van der Waals surface area contributed by atoms with Crippen LogP contribution in [0.5, 0.6) is 0 Å². The number of thiophene rings is 1. The third kappa shape index (κ3) is 2.61. The molecule has 2 aliphatic heterocycles. The maximum absolute atomic E-state index is 12.3. The van der Waals surface area contributed by atoms with Crippen molar-refractivity contribution < 1.29 is 4.79 Å². The molecule has 2 aromatic heterocycles. The van der Waals surface area contributed by atoms with Crippen LogP contribution in [0.3, 0.4) is 0 Å². The van der Waals surface area contributed by atoms with Gasteiger partial charge in [-0.1, -0.05) is 0 Å². The molecule has 1 amide bonds. The lowest BCUT2D eigenvalue weighted by atomic mass is 9.97. The molecule has 3 unspecified atom stereocenters. The van der Waals surface area contributed by atoms with E-state index in [1.54, 1.807) is 23.7 Å². The second-order valence-corrected chi connectivity index (χ2v) is 6.76. The van der Waals surface area contributed by atoms with E-state index in [4.69, 9.17) is 0 Å². The van der Waals surface area contributed by atoms with E-state index in [0.717, 1.165) is 30.0 Å². The Morgan fingerprint density at radius 3 is 3.14 bits per heavy atom. The summed E-state index contributed by atoms with van der Waals surface area (Å²) in [6, 6.07) is 2.17. The van der Waals surface area contributed by atoms with E-state index in [1.807, 2.05) is 11.4 Å². The summed E-state index contributed by atoms with van der Waals surface area (Å²) in [6.07, 6.45) is 5.92. The number of nitrogens with zero attached hydrogens (tertiary/aromatic N) is 3. The number of rotatable bonds is 2. The van der Waals surface area contributed by atoms with E-state index in [-0.39, 0.29) is 12.1 Å². The van der Waals surface area contributed by atoms with Crippen molar-refractivity contribution in [2.24, 2.45) is 5.92 Å². The lowest BCUT2D eigenvalue weighted by Gasteiger charge is -2.30. The third-order valence-electron chi connectivity index (χ3n) is 4.44. The molecule has 2 bridgehead atoms. The fourth-order valence-corrected chi connectivity index (χ4v) is 4.08. The van der Waals surface area contributed by atoms with E-state index in [2.05, 4.69) is 20.7 Å². The van der Waals surface area contributed by atoms with Crippen molar-refractivity contribution in [3.8, 4) is 11.1 Å². The SMILES string of the molecule is O=C(NC1CC2CCN(C2)C1)n1cc(-c2ccsc2)cn1. The molecule has 6 heteroatoms. The van der Waals surface area contributed by atoms with Gasteiger partial charge in [0, 0.05) is 30.9 Å². The molecule has 3 atom stereocenters. The van der Waals surface area contributed by atoms with Gasteiger partial charge in [0.2, 0.25) is 0 Å². The number of hydrogen-bond acceptors (Lipinski definition) is 4. The maximum atomic E-state index is 12.3. The van der Waals surface area contributed by atoms with Gasteiger partial charge >= 0.3 is 6.03 Å². The molecule has 5 nitrogen and oxygen atoms in total. The quantitative estimate of drug-likeness (QED) is 0.926. The first kappa shape index (κ1) is 13.0. The van der Waals surface area contributed by atoms with Gasteiger partial charge in [0.1, 0.15) is 0 Å². The summed E-state index contributed by atoms with van der Waals surface area (Å²) in [6.45, 7) is 3.36. The van der Waals surface area contributed by atoms with Crippen molar-refractivity contribution in [2.45, 2.75) is 18.9 Å². The number of aromatic nitrogens is 2. The Hall–Kier alpha value is -1.66. The summed E-state index contributed by atoms with van der Waals surface area (Å²) < 4.78 is 1.42. The molecular weight excluding hydrogens is 284 g/mol. The summed E-state index contributed by atoms with van der Waals surface area (Å²) in [7, 11) is 0. The number of carbonyl (C=O) groups excluding carboxylic acids is 1. The van der Waals surface area contributed by atoms with Crippen molar-refractivity contribution in [3.05, 3.63) is 29.2 Å². The topological polar surface area (TPSA) is 50.2 Å². The number of nitrogens with one attached hydrogen (secondary N) is 1. The normalized spacial score (nSPS) is 27.7. The Kier molecular flexibility index (Phi) is 3.27. The van der Waals surface area contributed by atoms with Crippen LogP contribution in [0, 0.1) is 5.92 Å². The molecule has 110 valence electrons. The largest absolute Gasteiger partial charge is 0.342 e. The molecule has 4 heterocycles. The van der Waals surface area contributed by atoms with Gasteiger partial charge < -0.3 is 10.2 Å². The molecule has 21 heavy (non-hydrogen) atoms. The number of fused-ring (bicyclic) bond motifs is 2. The van der Waals surface area contributed by atoms with Crippen molar-refractivity contribution in [1.29, 1.82) is 0 Å². The van der Waals surface area contributed by atoms with Gasteiger partial charge in [-0.2, -0.15) is 21.1 Å². The zero-order chi connectivity index (χ0) is 14.2. The lowest BCUT2D eigenvalue weighted by molar-refractivity contribution is 0.204. The van der Waals surface area contributed by atoms with Crippen molar-refractivity contribution in [3.63, 3.8) is 0 Å². The molecule has 2 saturated heterocycles. The predicted octanol–water partition coefficient (Wildman–Crippen LogP) is 2.26.